The predicted octanol–water partition coefficient (Wildman–Crippen LogP) is 3.65. The molecule has 0 spiro atoms. The van der Waals surface area contributed by atoms with E-state index in [2.05, 4.69) is 23.3 Å². The third-order valence-electron chi connectivity index (χ3n) is 2.41. The maximum atomic E-state index is 5.95. The highest BCUT2D eigenvalue weighted by atomic mass is 35.5. The van der Waals surface area contributed by atoms with Crippen LogP contribution in [0.15, 0.2) is 36.0 Å². The summed E-state index contributed by atoms with van der Waals surface area (Å²) in [6.07, 6.45) is 1.89. The van der Waals surface area contributed by atoms with Gasteiger partial charge in [-0.15, -0.1) is 11.3 Å². The Hall–Kier alpha value is -0.900. The molecule has 1 aromatic heterocycles. The van der Waals surface area contributed by atoms with Crippen LogP contribution in [0.3, 0.4) is 0 Å². The Balaban J connectivity index is 1.95. The van der Waals surface area contributed by atoms with Gasteiger partial charge >= 0.3 is 0 Å². The van der Waals surface area contributed by atoms with Crippen molar-refractivity contribution in [3.63, 3.8) is 0 Å². The molecule has 0 aliphatic heterocycles. The van der Waals surface area contributed by atoms with Crippen LogP contribution in [0.5, 0.6) is 0 Å². The van der Waals surface area contributed by atoms with Crippen LogP contribution in [0.25, 0.3) is 0 Å². The number of halogens is 1. The summed E-state index contributed by atoms with van der Waals surface area (Å²) in [5.41, 5.74) is 3.05. The molecular formula is C12H13ClN2S. The number of hydrogen-bond acceptors (Lipinski definition) is 3. The topological polar surface area (TPSA) is 24.9 Å². The van der Waals surface area contributed by atoms with Crippen molar-refractivity contribution in [1.82, 2.24) is 10.3 Å². The molecule has 84 valence electrons. The minimum Gasteiger partial charge on any atom is -0.305 e. The van der Waals surface area contributed by atoms with Crippen LogP contribution in [0.2, 0.25) is 5.02 Å². The number of nitrogens with one attached hydrogen (secondary N) is 1. The minimum absolute atomic E-state index is 0.292. The Bertz CT molecular complexity index is 442. The van der Waals surface area contributed by atoms with E-state index in [0.29, 0.717) is 6.04 Å². The zero-order valence-electron chi connectivity index (χ0n) is 8.98. The SMILES string of the molecule is C[C@H](NCc1cncs1)c1cccc(Cl)c1. The van der Waals surface area contributed by atoms with Gasteiger partial charge in [-0.1, -0.05) is 23.7 Å². The van der Waals surface area contributed by atoms with E-state index in [-0.39, 0.29) is 0 Å². The fraction of sp³-hybridized carbons (Fsp3) is 0.250. The molecule has 2 nitrogen and oxygen atoms in total. The summed E-state index contributed by atoms with van der Waals surface area (Å²) in [6, 6.07) is 8.23. The Morgan fingerprint density at radius 1 is 1.50 bits per heavy atom. The lowest BCUT2D eigenvalue weighted by atomic mass is 10.1. The van der Waals surface area contributed by atoms with Gasteiger partial charge in [-0.2, -0.15) is 0 Å². The lowest BCUT2D eigenvalue weighted by Crippen LogP contribution is -2.17. The van der Waals surface area contributed by atoms with Gasteiger partial charge in [0.15, 0.2) is 0 Å². The number of benzene rings is 1. The zero-order valence-corrected chi connectivity index (χ0v) is 10.6. The smallest absolute Gasteiger partial charge is 0.0794 e. The van der Waals surface area contributed by atoms with Gasteiger partial charge in [-0.25, -0.2) is 0 Å². The highest BCUT2D eigenvalue weighted by molar-refractivity contribution is 7.09. The van der Waals surface area contributed by atoms with Crippen molar-refractivity contribution in [1.29, 1.82) is 0 Å². The molecule has 0 unspecified atom stereocenters. The normalized spacial score (nSPS) is 12.6. The van der Waals surface area contributed by atoms with E-state index in [1.807, 2.05) is 29.9 Å². The molecule has 1 heterocycles. The van der Waals surface area contributed by atoms with Crippen molar-refractivity contribution < 1.29 is 0 Å². The molecule has 1 N–H and O–H groups in total. The first-order chi connectivity index (χ1) is 7.75. The van der Waals surface area contributed by atoms with Crippen molar-refractivity contribution >= 4 is 22.9 Å². The molecule has 2 rings (SSSR count). The third-order valence-corrected chi connectivity index (χ3v) is 3.43. The summed E-state index contributed by atoms with van der Waals surface area (Å²) in [6.45, 7) is 2.98. The molecule has 1 atom stereocenters. The van der Waals surface area contributed by atoms with Gasteiger partial charge in [0, 0.05) is 28.7 Å². The van der Waals surface area contributed by atoms with E-state index >= 15 is 0 Å². The maximum absolute atomic E-state index is 5.95. The number of aromatic nitrogens is 1. The molecule has 0 saturated carbocycles. The first-order valence-electron chi connectivity index (χ1n) is 5.12. The number of hydrogen-bond donors (Lipinski definition) is 1. The van der Waals surface area contributed by atoms with Crippen LogP contribution in [0.1, 0.15) is 23.4 Å². The molecule has 0 radical (unpaired) electrons. The van der Waals surface area contributed by atoms with Crippen molar-refractivity contribution in [2.75, 3.05) is 0 Å². The standard InChI is InChI=1S/C12H13ClN2S/c1-9(10-3-2-4-11(13)5-10)15-7-12-6-14-8-16-12/h2-6,8-9,15H,7H2,1H3/t9-/m0/s1. The van der Waals surface area contributed by atoms with Crippen molar-refractivity contribution in [2.45, 2.75) is 19.5 Å². The average molecular weight is 253 g/mol. The zero-order chi connectivity index (χ0) is 11.4. The van der Waals surface area contributed by atoms with Gasteiger partial charge in [-0.3, -0.25) is 4.98 Å². The molecule has 0 amide bonds. The van der Waals surface area contributed by atoms with Gasteiger partial charge in [0.1, 0.15) is 0 Å². The molecule has 0 saturated heterocycles. The van der Waals surface area contributed by atoms with Crippen molar-refractivity contribution in [2.24, 2.45) is 0 Å². The molecule has 0 fully saturated rings. The second-order valence-electron chi connectivity index (χ2n) is 3.63. The van der Waals surface area contributed by atoms with Crippen LogP contribution < -0.4 is 5.32 Å². The highest BCUT2D eigenvalue weighted by Gasteiger charge is 2.05. The van der Waals surface area contributed by atoms with E-state index in [1.165, 1.54) is 10.4 Å². The monoisotopic (exact) mass is 252 g/mol. The second-order valence-corrected chi connectivity index (χ2v) is 5.03. The summed E-state index contributed by atoms with van der Waals surface area (Å²) >= 11 is 7.62. The molecule has 0 aliphatic rings. The van der Waals surface area contributed by atoms with Crippen molar-refractivity contribution in [3.8, 4) is 0 Å². The van der Waals surface area contributed by atoms with Gasteiger partial charge in [0.05, 0.1) is 5.51 Å². The minimum atomic E-state index is 0.292. The molecule has 16 heavy (non-hydrogen) atoms. The second kappa shape index (κ2) is 5.43. The predicted molar refractivity (Wildman–Crippen MR) is 68.8 cm³/mol. The molecule has 1 aromatic carbocycles. The van der Waals surface area contributed by atoms with Gasteiger partial charge in [0.2, 0.25) is 0 Å². The number of rotatable bonds is 4. The largest absolute Gasteiger partial charge is 0.305 e. The summed E-state index contributed by atoms with van der Waals surface area (Å²) in [7, 11) is 0. The van der Waals surface area contributed by atoms with Crippen LogP contribution in [0, 0.1) is 0 Å². The van der Waals surface area contributed by atoms with Gasteiger partial charge in [0.25, 0.3) is 0 Å². The molecule has 0 aliphatic carbocycles. The lowest BCUT2D eigenvalue weighted by molar-refractivity contribution is 0.578. The van der Waals surface area contributed by atoms with E-state index in [0.717, 1.165) is 11.6 Å². The van der Waals surface area contributed by atoms with Crippen LogP contribution in [0.4, 0.5) is 0 Å². The van der Waals surface area contributed by atoms with E-state index in [4.69, 9.17) is 11.6 Å². The Morgan fingerprint density at radius 2 is 2.38 bits per heavy atom. The first-order valence-corrected chi connectivity index (χ1v) is 6.37. The number of nitrogens with zero attached hydrogens (tertiary/aromatic N) is 1. The van der Waals surface area contributed by atoms with E-state index < -0.39 is 0 Å². The van der Waals surface area contributed by atoms with Crippen molar-refractivity contribution in [3.05, 3.63) is 51.4 Å². The van der Waals surface area contributed by atoms with Crippen LogP contribution in [-0.2, 0) is 6.54 Å². The van der Waals surface area contributed by atoms with Gasteiger partial charge < -0.3 is 5.32 Å². The quantitative estimate of drug-likeness (QED) is 0.899. The summed E-state index contributed by atoms with van der Waals surface area (Å²) in [4.78, 5) is 5.29. The first kappa shape index (κ1) is 11.6. The van der Waals surface area contributed by atoms with Gasteiger partial charge in [-0.05, 0) is 24.6 Å². The summed E-state index contributed by atoms with van der Waals surface area (Å²) < 4.78 is 0. The molecule has 4 heteroatoms. The molecular weight excluding hydrogens is 240 g/mol. The molecule has 2 aromatic rings. The van der Waals surface area contributed by atoms with E-state index in [1.54, 1.807) is 11.3 Å². The lowest BCUT2D eigenvalue weighted by Gasteiger charge is -2.13. The fourth-order valence-electron chi connectivity index (χ4n) is 1.48. The highest BCUT2D eigenvalue weighted by Crippen LogP contribution is 2.18. The average Bonchev–Trinajstić information content (AvgIpc) is 2.78. The fourth-order valence-corrected chi connectivity index (χ4v) is 2.22. The summed E-state index contributed by atoms with van der Waals surface area (Å²) in [5.74, 6) is 0. The molecule has 0 bridgehead atoms. The van der Waals surface area contributed by atoms with Crippen LogP contribution in [-0.4, -0.2) is 4.98 Å². The van der Waals surface area contributed by atoms with Crippen LogP contribution >= 0.6 is 22.9 Å². The van der Waals surface area contributed by atoms with E-state index in [9.17, 15) is 0 Å². The number of thiazole rings is 1. The third kappa shape index (κ3) is 3.04. The summed E-state index contributed by atoms with van der Waals surface area (Å²) in [5, 5.41) is 4.22. The Kier molecular flexibility index (Phi) is 3.93. The maximum Gasteiger partial charge on any atom is 0.0794 e. The Morgan fingerprint density at radius 3 is 3.06 bits per heavy atom. The Labute approximate surface area is 104 Å².